The molecule has 2 nitrogen and oxygen atoms in total. The highest BCUT2D eigenvalue weighted by molar-refractivity contribution is 7.84. The Morgan fingerprint density at radius 1 is 1.16 bits per heavy atom. The van der Waals surface area contributed by atoms with E-state index >= 15 is 0 Å². The quantitative estimate of drug-likeness (QED) is 0.941. The fourth-order valence-electron chi connectivity index (χ4n) is 1.76. The van der Waals surface area contributed by atoms with Crippen LogP contribution in [0.5, 0.6) is 0 Å². The zero-order chi connectivity index (χ0) is 13.8. The third-order valence-corrected chi connectivity index (χ3v) is 4.32. The predicted molar refractivity (Wildman–Crippen MR) is 75.9 cm³/mol. The van der Waals surface area contributed by atoms with E-state index in [1.165, 1.54) is 12.1 Å². The Morgan fingerprint density at radius 2 is 1.95 bits per heavy atom. The molecular weight excluding hydrogens is 285 g/mol. The van der Waals surface area contributed by atoms with Crippen molar-refractivity contribution in [3.05, 3.63) is 64.4 Å². The van der Waals surface area contributed by atoms with Gasteiger partial charge in [-0.3, -0.25) is 4.21 Å². The first-order valence-electron chi connectivity index (χ1n) is 5.71. The Hall–Kier alpha value is -1.23. The normalized spacial score (nSPS) is 12.4. The lowest BCUT2D eigenvalue weighted by Crippen LogP contribution is -2.05. The molecule has 0 amide bonds. The zero-order valence-electron chi connectivity index (χ0n) is 10.1. The van der Waals surface area contributed by atoms with E-state index < -0.39 is 10.8 Å². The van der Waals surface area contributed by atoms with Crippen molar-refractivity contribution in [1.29, 1.82) is 0 Å². The second-order valence-electron chi connectivity index (χ2n) is 4.06. The van der Waals surface area contributed by atoms with Crippen LogP contribution in [0.2, 0.25) is 5.02 Å². The summed E-state index contributed by atoms with van der Waals surface area (Å²) in [5.41, 5.74) is 7.04. The van der Waals surface area contributed by atoms with Crippen molar-refractivity contribution in [3.63, 3.8) is 0 Å². The van der Waals surface area contributed by atoms with Gasteiger partial charge < -0.3 is 5.73 Å². The van der Waals surface area contributed by atoms with Crippen molar-refractivity contribution >= 4 is 22.4 Å². The maximum atomic E-state index is 13.1. The van der Waals surface area contributed by atoms with Gasteiger partial charge in [-0.05, 0) is 41.5 Å². The van der Waals surface area contributed by atoms with E-state index in [2.05, 4.69) is 0 Å². The van der Waals surface area contributed by atoms with Crippen molar-refractivity contribution in [2.75, 3.05) is 0 Å². The summed E-state index contributed by atoms with van der Waals surface area (Å²) < 4.78 is 25.3. The van der Waals surface area contributed by atoms with E-state index in [0.29, 0.717) is 21.2 Å². The van der Waals surface area contributed by atoms with Crippen LogP contribution >= 0.6 is 11.6 Å². The summed E-state index contributed by atoms with van der Waals surface area (Å²) in [6, 6.07) is 11.3. The minimum atomic E-state index is -1.23. The maximum absolute atomic E-state index is 13.1. The summed E-state index contributed by atoms with van der Waals surface area (Å²) in [5, 5.41) is 0.545. The van der Waals surface area contributed by atoms with Crippen LogP contribution in [0.1, 0.15) is 11.1 Å². The molecular formula is C14H13ClFNOS. The number of hydrogen-bond donors (Lipinski definition) is 1. The molecule has 0 aromatic heterocycles. The molecule has 0 saturated carbocycles. The van der Waals surface area contributed by atoms with E-state index in [0.717, 1.165) is 5.56 Å². The summed E-state index contributed by atoms with van der Waals surface area (Å²) in [7, 11) is -1.23. The van der Waals surface area contributed by atoms with Crippen LogP contribution in [0.15, 0.2) is 47.4 Å². The van der Waals surface area contributed by atoms with Crippen LogP contribution in [0.4, 0.5) is 4.39 Å². The van der Waals surface area contributed by atoms with E-state index in [-0.39, 0.29) is 12.4 Å². The number of halogens is 2. The van der Waals surface area contributed by atoms with Crippen molar-refractivity contribution in [3.8, 4) is 0 Å². The molecule has 0 aliphatic heterocycles. The van der Waals surface area contributed by atoms with E-state index in [9.17, 15) is 8.60 Å². The molecule has 0 spiro atoms. The van der Waals surface area contributed by atoms with Gasteiger partial charge in [-0.2, -0.15) is 0 Å². The fourth-order valence-corrected chi connectivity index (χ4v) is 3.23. The summed E-state index contributed by atoms with van der Waals surface area (Å²) in [4.78, 5) is 0.653. The van der Waals surface area contributed by atoms with E-state index in [1.54, 1.807) is 30.3 Å². The molecule has 0 radical (unpaired) electrons. The Kier molecular flexibility index (Phi) is 4.69. The SMILES string of the molecule is NCc1cc(F)ccc1CS(=O)c1cccc(Cl)c1. The standard InChI is InChI=1S/C14H13ClFNOS/c15-12-2-1-3-14(7-12)19(18)9-10-4-5-13(16)6-11(10)8-17/h1-7H,8-9,17H2. The third kappa shape index (κ3) is 3.62. The largest absolute Gasteiger partial charge is 0.326 e. The molecule has 0 aliphatic carbocycles. The van der Waals surface area contributed by atoms with Gasteiger partial charge in [0.1, 0.15) is 5.82 Å². The summed E-state index contributed by atoms with van der Waals surface area (Å²) >= 11 is 5.87. The Bertz CT molecular complexity index is 618. The molecule has 2 rings (SSSR count). The van der Waals surface area contributed by atoms with Crippen molar-refractivity contribution < 1.29 is 8.60 Å². The van der Waals surface area contributed by atoms with Crippen LogP contribution in [0.3, 0.4) is 0 Å². The van der Waals surface area contributed by atoms with Crippen LogP contribution < -0.4 is 5.73 Å². The average Bonchev–Trinajstić information content (AvgIpc) is 2.40. The van der Waals surface area contributed by atoms with Gasteiger partial charge in [0.25, 0.3) is 0 Å². The highest BCUT2D eigenvalue weighted by Crippen LogP contribution is 2.19. The molecule has 19 heavy (non-hydrogen) atoms. The van der Waals surface area contributed by atoms with Gasteiger partial charge in [-0.25, -0.2) is 4.39 Å². The summed E-state index contributed by atoms with van der Waals surface area (Å²) in [6.07, 6.45) is 0. The van der Waals surface area contributed by atoms with Crippen molar-refractivity contribution in [1.82, 2.24) is 0 Å². The molecule has 100 valence electrons. The van der Waals surface area contributed by atoms with Gasteiger partial charge in [0.05, 0.1) is 16.6 Å². The molecule has 0 bridgehead atoms. The van der Waals surface area contributed by atoms with Gasteiger partial charge in [0.15, 0.2) is 0 Å². The smallest absolute Gasteiger partial charge is 0.123 e. The summed E-state index contributed by atoms with van der Waals surface area (Å²) in [5.74, 6) is -0.0367. The molecule has 2 aromatic carbocycles. The zero-order valence-corrected chi connectivity index (χ0v) is 11.7. The van der Waals surface area contributed by atoms with Crippen molar-refractivity contribution in [2.45, 2.75) is 17.2 Å². The molecule has 1 unspecified atom stereocenters. The molecule has 1 atom stereocenters. The lowest BCUT2D eigenvalue weighted by Gasteiger charge is -2.08. The van der Waals surface area contributed by atoms with Gasteiger partial charge in [-0.1, -0.05) is 23.7 Å². The lowest BCUT2D eigenvalue weighted by molar-refractivity contribution is 0.624. The first kappa shape index (κ1) is 14.2. The number of hydrogen-bond acceptors (Lipinski definition) is 2. The Morgan fingerprint density at radius 3 is 2.63 bits per heavy atom. The molecule has 5 heteroatoms. The van der Waals surface area contributed by atoms with Crippen LogP contribution in [-0.2, 0) is 23.1 Å². The monoisotopic (exact) mass is 297 g/mol. The van der Waals surface area contributed by atoms with E-state index in [1.807, 2.05) is 0 Å². The molecule has 0 aliphatic rings. The highest BCUT2D eigenvalue weighted by Gasteiger charge is 2.09. The lowest BCUT2D eigenvalue weighted by atomic mass is 10.1. The molecule has 2 aromatic rings. The first-order valence-corrected chi connectivity index (χ1v) is 7.41. The van der Waals surface area contributed by atoms with Crippen LogP contribution in [0, 0.1) is 5.82 Å². The van der Waals surface area contributed by atoms with Crippen molar-refractivity contribution in [2.24, 2.45) is 5.73 Å². The average molecular weight is 298 g/mol. The summed E-state index contributed by atoms with van der Waals surface area (Å²) in [6.45, 7) is 0.222. The van der Waals surface area contributed by atoms with Crippen LogP contribution in [0.25, 0.3) is 0 Å². The third-order valence-electron chi connectivity index (χ3n) is 2.73. The molecule has 0 fully saturated rings. The topological polar surface area (TPSA) is 43.1 Å². The Balaban J connectivity index is 2.24. The van der Waals surface area contributed by atoms with E-state index in [4.69, 9.17) is 17.3 Å². The maximum Gasteiger partial charge on any atom is 0.123 e. The number of nitrogens with two attached hydrogens (primary N) is 1. The predicted octanol–water partition coefficient (Wildman–Crippen LogP) is 3.25. The number of benzene rings is 2. The van der Waals surface area contributed by atoms with Gasteiger partial charge in [-0.15, -0.1) is 0 Å². The number of rotatable bonds is 4. The minimum Gasteiger partial charge on any atom is -0.326 e. The Labute approximate surface area is 118 Å². The second-order valence-corrected chi connectivity index (χ2v) is 5.95. The first-order chi connectivity index (χ1) is 9.10. The van der Waals surface area contributed by atoms with Gasteiger partial charge in [0.2, 0.25) is 0 Å². The molecule has 2 N–H and O–H groups in total. The molecule has 0 heterocycles. The molecule has 0 saturated heterocycles. The minimum absolute atomic E-state index is 0.222. The van der Waals surface area contributed by atoms with Gasteiger partial charge in [0, 0.05) is 16.5 Å². The van der Waals surface area contributed by atoms with Crippen LogP contribution in [-0.4, -0.2) is 4.21 Å². The highest BCUT2D eigenvalue weighted by atomic mass is 35.5. The second kappa shape index (κ2) is 6.28. The van der Waals surface area contributed by atoms with Gasteiger partial charge >= 0.3 is 0 Å². The fraction of sp³-hybridized carbons (Fsp3) is 0.143.